The van der Waals surface area contributed by atoms with Gasteiger partial charge in [-0.3, -0.25) is 14.7 Å². The van der Waals surface area contributed by atoms with E-state index in [1.807, 2.05) is 19.1 Å². The molecule has 0 radical (unpaired) electrons. The van der Waals surface area contributed by atoms with E-state index in [1.54, 1.807) is 12.4 Å². The van der Waals surface area contributed by atoms with Crippen LogP contribution in [-0.2, 0) is 15.7 Å². The zero-order valence-electron chi connectivity index (χ0n) is 18.5. The summed E-state index contributed by atoms with van der Waals surface area (Å²) in [7, 11) is 0. The smallest absolute Gasteiger partial charge is 0.416 e. The lowest BCUT2D eigenvalue weighted by molar-refractivity contribution is -0.141. The molecule has 2 aromatic rings. The maximum atomic E-state index is 13.5. The summed E-state index contributed by atoms with van der Waals surface area (Å²) in [6, 6.07) is 8.49. The normalized spacial score (nSPS) is 22.0. The first-order valence-electron chi connectivity index (χ1n) is 11.2. The number of benzene rings is 1. The molecule has 6 nitrogen and oxygen atoms in total. The SMILES string of the molecule is C[C@H](NC(=O)C1(N2CCC(Oc3cccc(C(F)(F)F)c3)C2)CCOCC1)c1ccncc1. The van der Waals surface area contributed by atoms with Crippen molar-refractivity contribution in [2.24, 2.45) is 0 Å². The molecule has 1 amide bonds. The zero-order chi connectivity index (χ0) is 23.5. The summed E-state index contributed by atoms with van der Waals surface area (Å²) in [5.41, 5.74) is -0.501. The molecule has 9 heteroatoms. The number of rotatable bonds is 6. The van der Waals surface area contributed by atoms with Crippen LogP contribution in [0.5, 0.6) is 5.75 Å². The minimum absolute atomic E-state index is 0.0603. The van der Waals surface area contributed by atoms with E-state index in [0.29, 0.717) is 45.6 Å². The first-order valence-corrected chi connectivity index (χ1v) is 11.2. The van der Waals surface area contributed by atoms with Gasteiger partial charge in [0.05, 0.1) is 11.6 Å². The molecule has 0 bridgehead atoms. The minimum atomic E-state index is -4.42. The lowest BCUT2D eigenvalue weighted by Crippen LogP contribution is -2.61. The van der Waals surface area contributed by atoms with Gasteiger partial charge in [0, 0.05) is 38.7 Å². The highest BCUT2D eigenvalue weighted by atomic mass is 19.4. The van der Waals surface area contributed by atoms with Gasteiger partial charge in [-0.25, -0.2) is 0 Å². The molecule has 2 saturated heterocycles. The average molecular weight is 464 g/mol. The maximum Gasteiger partial charge on any atom is 0.416 e. The van der Waals surface area contributed by atoms with Gasteiger partial charge in [0.1, 0.15) is 17.4 Å². The molecule has 1 unspecified atom stereocenters. The Balaban J connectivity index is 1.45. The monoisotopic (exact) mass is 463 g/mol. The van der Waals surface area contributed by atoms with Crippen LogP contribution in [0, 0.1) is 0 Å². The van der Waals surface area contributed by atoms with Crippen molar-refractivity contribution in [3.05, 3.63) is 59.9 Å². The highest BCUT2D eigenvalue weighted by molar-refractivity contribution is 5.87. The molecule has 3 heterocycles. The lowest BCUT2D eigenvalue weighted by atomic mass is 9.86. The Morgan fingerprint density at radius 1 is 1.24 bits per heavy atom. The highest BCUT2D eigenvalue weighted by Crippen LogP contribution is 2.35. The van der Waals surface area contributed by atoms with Crippen molar-refractivity contribution >= 4 is 5.91 Å². The van der Waals surface area contributed by atoms with E-state index in [2.05, 4.69) is 15.2 Å². The van der Waals surface area contributed by atoms with Crippen molar-refractivity contribution in [1.82, 2.24) is 15.2 Å². The molecule has 33 heavy (non-hydrogen) atoms. The quantitative estimate of drug-likeness (QED) is 0.702. The number of carbonyl (C=O) groups is 1. The molecular weight excluding hydrogens is 435 g/mol. The fourth-order valence-electron chi connectivity index (χ4n) is 4.61. The van der Waals surface area contributed by atoms with Gasteiger partial charge in [-0.05, 0) is 62.1 Å². The number of likely N-dealkylation sites (tertiary alicyclic amines) is 1. The van der Waals surface area contributed by atoms with Gasteiger partial charge in [0.2, 0.25) is 5.91 Å². The Hall–Kier alpha value is -2.65. The first-order chi connectivity index (χ1) is 15.8. The Morgan fingerprint density at radius 2 is 1.97 bits per heavy atom. The number of alkyl halides is 3. The molecular formula is C24H28F3N3O3. The number of ether oxygens (including phenoxy) is 2. The van der Waals surface area contributed by atoms with Crippen LogP contribution in [-0.4, -0.2) is 53.7 Å². The summed E-state index contributed by atoms with van der Waals surface area (Å²) in [6.07, 6.45) is 0.411. The van der Waals surface area contributed by atoms with Crippen LogP contribution in [0.2, 0.25) is 0 Å². The molecule has 4 rings (SSSR count). The Morgan fingerprint density at radius 3 is 2.67 bits per heavy atom. The number of pyridine rings is 1. The Kier molecular flexibility index (Phi) is 6.90. The first kappa shape index (κ1) is 23.5. The van der Waals surface area contributed by atoms with Crippen LogP contribution < -0.4 is 10.1 Å². The number of halogens is 3. The summed E-state index contributed by atoms with van der Waals surface area (Å²) in [5, 5.41) is 3.14. The van der Waals surface area contributed by atoms with Crippen molar-refractivity contribution in [2.45, 2.75) is 50.0 Å². The van der Waals surface area contributed by atoms with E-state index in [9.17, 15) is 18.0 Å². The minimum Gasteiger partial charge on any atom is -0.489 e. The lowest BCUT2D eigenvalue weighted by Gasteiger charge is -2.43. The van der Waals surface area contributed by atoms with Gasteiger partial charge in [0.25, 0.3) is 0 Å². The van der Waals surface area contributed by atoms with Crippen molar-refractivity contribution in [1.29, 1.82) is 0 Å². The predicted molar refractivity (Wildman–Crippen MR) is 116 cm³/mol. The molecule has 2 atom stereocenters. The van der Waals surface area contributed by atoms with Crippen molar-refractivity contribution in [2.75, 3.05) is 26.3 Å². The highest BCUT2D eigenvalue weighted by Gasteiger charge is 2.48. The number of carbonyl (C=O) groups excluding carboxylic acids is 1. The molecule has 2 fully saturated rings. The largest absolute Gasteiger partial charge is 0.489 e. The average Bonchev–Trinajstić information content (AvgIpc) is 3.28. The maximum absolute atomic E-state index is 13.5. The van der Waals surface area contributed by atoms with E-state index in [1.165, 1.54) is 12.1 Å². The summed E-state index contributed by atoms with van der Waals surface area (Å²) in [5.74, 6) is 0.128. The zero-order valence-corrected chi connectivity index (χ0v) is 18.5. The number of hydrogen-bond acceptors (Lipinski definition) is 5. The fourth-order valence-corrected chi connectivity index (χ4v) is 4.61. The number of nitrogens with one attached hydrogen (secondary N) is 1. The Bertz CT molecular complexity index is 949. The summed E-state index contributed by atoms with van der Waals surface area (Å²) >= 11 is 0. The molecule has 0 saturated carbocycles. The second kappa shape index (κ2) is 9.69. The Labute approximate surface area is 191 Å². The number of hydrogen-bond donors (Lipinski definition) is 1. The number of aromatic nitrogens is 1. The molecule has 1 N–H and O–H groups in total. The van der Waals surface area contributed by atoms with Gasteiger partial charge < -0.3 is 14.8 Å². The van der Waals surface area contributed by atoms with E-state index in [0.717, 1.165) is 17.7 Å². The van der Waals surface area contributed by atoms with Crippen molar-refractivity contribution in [3.63, 3.8) is 0 Å². The molecule has 2 aliphatic rings. The third kappa shape index (κ3) is 5.30. The van der Waals surface area contributed by atoms with Crippen LogP contribution in [0.3, 0.4) is 0 Å². The second-order valence-corrected chi connectivity index (χ2v) is 8.62. The van der Waals surface area contributed by atoms with Gasteiger partial charge in [-0.1, -0.05) is 6.07 Å². The third-order valence-electron chi connectivity index (χ3n) is 6.51. The summed E-state index contributed by atoms with van der Waals surface area (Å²) in [6.45, 7) is 3.98. The van der Waals surface area contributed by atoms with E-state index in [4.69, 9.17) is 9.47 Å². The van der Waals surface area contributed by atoms with E-state index in [-0.39, 0.29) is 23.8 Å². The van der Waals surface area contributed by atoms with Crippen LogP contribution in [0.4, 0.5) is 13.2 Å². The third-order valence-corrected chi connectivity index (χ3v) is 6.51. The summed E-state index contributed by atoms with van der Waals surface area (Å²) in [4.78, 5) is 19.7. The van der Waals surface area contributed by atoms with Gasteiger partial charge >= 0.3 is 6.18 Å². The molecule has 1 aromatic heterocycles. The molecule has 1 aromatic carbocycles. The molecule has 0 aliphatic carbocycles. The topological polar surface area (TPSA) is 63.7 Å². The van der Waals surface area contributed by atoms with E-state index < -0.39 is 17.3 Å². The van der Waals surface area contributed by atoms with Crippen LogP contribution in [0.15, 0.2) is 48.8 Å². The summed E-state index contributed by atoms with van der Waals surface area (Å²) < 4.78 is 50.5. The molecule has 2 aliphatic heterocycles. The van der Waals surface area contributed by atoms with E-state index >= 15 is 0 Å². The van der Waals surface area contributed by atoms with Crippen LogP contribution in [0.1, 0.15) is 43.4 Å². The van der Waals surface area contributed by atoms with Gasteiger partial charge in [-0.2, -0.15) is 13.2 Å². The van der Waals surface area contributed by atoms with Crippen molar-refractivity contribution < 1.29 is 27.4 Å². The second-order valence-electron chi connectivity index (χ2n) is 8.62. The van der Waals surface area contributed by atoms with Crippen LogP contribution >= 0.6 is 0 Å². The van der Waals surface area contributed by atoms with Crippen LogP contribution in [0.25, 0.3) is 0 Å². The number of amides is 1. The predicted octanol–water partition coefficient (Wildman–Crippen LogP) is 3.98. The standard InChI is InChI=1S/C24H28F3N3O3/c1-17(18-5-10-28-11-6-18)29-22(31)23(8-13-32-14-9-23)30-12-7-21(16-30)33-20-4-2-3-19(15-20)24(25,26)27/h2-6,10-11,15,17,21H,7-9,12-14,16H2,1H3,(H,29,31)/t17-,21?/m0/s1. The van der Waals surface area contributed by atoms with Gasteiger partial charge in [0.15, 0.2) is 0 Å². The fraction of sp³-hybridized carbons (Fsp3) is 0.500. The molecule has 178 valence electrons. The molecule has 0 spiro atoms. The van der Waals surface area contributed by atoms with Gasteiger partial charge in [-0.15, -0.1) is 0 Å². The number of nitrogens with zero attached hydrogens (tertiary/aromatic N) is 2. The van der Waals surface area contributed by atoms with Crippen molar-refractivity contribution in [3.8, 4) is 5.75 Å².